The molecule has 2 aromatic heterocycles. The topological polar surface area (TPSA) is 75.1 Å². The van der Waals surface area contributed by atoms with Crippen molar-refractivity contribution in [3.63, 3.8) is 0 Å². The van der Waals surface area contributed by atoms with Crippen LogP contribution in [-0.2, 0) is 12.8 Å². The molecule has 0 radical (unpaired) electrons. The van der Waals surface area contributed by atoms with Crippen molar-refractivity contribution >= 4 is 11.7 Å². The zero-order valence-electron chi connectivity index (χ0n) is 19.2. The number of amides is 1. The molecule has 1 saturated heterocycles. The second-order valence-electron chi connectivity index (χ2n) is 8.98. The first-order valence-electron chi connectivity index (χ1n) is 11.9. The number of nitrogens with zero attached hydrogens (tertiary/aromatic N) is 6. The summed E-state index contributed by atoms with van der Waals surface area (Å²) in [6.45, 7) is 5.44. The minimum atomic E-state index is -0.0630. The van der Waals surface area contributed by atoms with Gasteiger partial charge in [0.2, 0.25) is 0 Å². The van der Waals surface area contributed by atoms with Gasteiger partial charge in [0.1, 0.15) is 17.3 Å². The quantitative estimate of drug-likeness (QED) is 0.601. The van der Waals surface area contributed by atoms with Crippen LogP contribution >= 0.6 is 0 Å². The van der Waals surface area contributed by atoms with Crippen molar-refractivity contribution in [3.8, 4) is 0 Å². The molecule has 7 nitrogen and oxygen atoms in total. The van der Waals surface area contributed by atoms with Gasteiger partial charge in [-0.25, -0.2) is 15.0 Å². The van der Waals surface area contributed by atoms with Gasteiger partial charge in [0.15, 0.2) is 0 Å². The largest absolute Gasteiger partial charge is 0.356 e. The number of rotatable bonds is 5. The number of aryl methyl sites for hydroxylation is 1. The maximum Gasteiger partial charge on any atom is 0.274 e. The van der Waals surface area contributed by atoms with Crippen LogP contribution < -0.4 is 4.90 Å². The monoisotopic (exact) mass is 442 g/mol. The molecular weight excluding hydrogens is 412 g/mol. The van der Waals surface area contributed by atoms with Gasteiger partial charge in [0.25, 0.3) is 5.91 Å². The minimum absolute atomic E-state index is 0.0630. The number of benzene rings is 1. The molecular formula is C26H30N6O. The van der Waals surface area contributed by atoms with Crippen LogP contribution in [0.1, 0.15) is 58.3 Å². The summed E-state index contributed by atoms with van der Waals surface area (Å²) < 4.78 is 0. The molecule has 7 heteroatoms. The molecule has 3 aromatic rings. The summed E-state index contributed by atoms with van der Waals surface area (Å²) in [5.74, 6) is 2.04. The highest BCUT2D eigenvalue weighted by Crippen LogP contribution is 2.32. The maximum atomic E-state index is 12.9. The predicted molar refractivity (Wildman–Crippen MR) is 127 cm³/mol. The predicted octanol–water partition coefficient (Wildman–Crippen LogP) is 3.59. The average Bonchev–Trinajstić information content (AvgIpc) is 2.88. The molecule has 170 valence electrons. The van der Waals surface area contributed by atoms with E-state index in [0.717, 1.165) is 69.1 Å². The van der Waals surface area contributed by atoms with Gasteiger partial charge in [-0.1, -0.05) is 30.3 Å². The molecule has 2 aliphatic heterocycles. The summed E-state index contributed by atoms with van der Waals surface area (Å²) in [5.41, 5.74) is 4.10. The first-order valence-corrected chi connectivity index (χ1v) is 11.9. The normalized spacial score (nSPS) is 18.2. The maximum absolute atomic E-state index is 12.9. The average molecular weight is 443 g/mol. The number of piperidine rings is 1. The zero-order valence-corrected chi connectivity index (χ0v) is 19.2. The molecule has 0 bridgehead atoms. The van der Waals surface area contributed by atoms with Crippen LogP contribution in [0.2, 0.25) is 0 Å². The van der Waals surface area contributed by atoms with Gasteiger partial charge in [-0.2, -0.15) is 0 Å². The van der Waals surface area contributed by atoms with Crippen molar-refractivity contribution in [1.82, 2.24) is 24.8 Å². The number of anilines is 1. The van der Waals surface area contributed by atoms with Crippen molar-refractivity contribution in [3.05, 3.63) is 77.3 Å². The molecule has 4 heterocycles. The molecule has 1 amide bonds. The lowest BCUT2D eigenvalue weighted by atomic mass is 9.95. The molecule has 1 aromatic carbocycles. The summed E-state index contributed by atoms with van der Waals surface area (Å²) >= 11 is 0. The van der Waals surface area contributed by atoms with Gasteiger partial charge in [-0.05, 0) is 44.6 Å². The highest BCUT2D eigenvalue weighted by Gasteiger charge is 2.30. The molecule has 2 aliphatic rings. The number of hydrogen-bond acceptors (Lipinski definition) is 6. The van der Waals surface area contributed by atoms with E-state index in [-0.39, 0.29) is 11.8 Å². The summed E-state index contributed by atoms with van der Waals surface area (Å²) in [6.07, 6.45) is 9.79. The Labute approximate surface area is 194 Å². The Bertz CT molecular complexity index is 1100. The summed E-state index contributed by atoms with van der Waals surface area (Å²) in [4.78, 5) is 35.5. The molecule has 5 rings (SSSR count). The van der Waals surface area contributed by atoms with Crippen LogP contribution in [0.3, 0.4) is 0 Å². The minimum Gasteiger partial charge on any atom is -0.356 e. The summed E-state index contributed by atoms with van der Waals surface area (Å²) in [6, 6.07) is 10.6. The van der Waals surface area contributed by atoms with E-state index in [1.807, 2.05) is 4.90 Å². The van der Waals surface area contributed by atoms with E-state index in [1.165, 1.54) is 17.3 Å². The molecule has 1 atom stereocenters. The molecule has 1 fully saturated rings. The Morgan fingerprint density at radius 2 is 1.97 bits per heavy atom. The Morgan fingerprint density at radius 1 is 1.09 bits per heavy atom. The highest BCUT2D eigenvalue weighted by atomic mass is 16.2. The van der Waals surface area contributed by atoms with Crippen LogP contribution in [0.15, 0.2) is 48.9 Å². The second-order valence-corrected chi connectivity index (χ2v) is 8.98. The molecule has 33 heavy (non-hydrogen) atoms. The van der Waals surface area contributed by atoms with Crippen LogP contribution in [-0.4, -0.2) is 56.9 Å². The first-order chi connectivity index (χ1) is 16.2. The molecule has 0 saturated carbocycles. The van der Waals surface area contributed by atoms with Crippen molar-refractivity contribution in [2.75, 3.05) is 31.1 Å². The van der Waals surface area contributed by atoms with Gasteiger partial charge in [-0.3, -0.25) is 9.78 Å². The van der Waals surface area contributed by atoms with Gasteiger partial charge in [-0.15, -0.1) is 0 Å². The van der Waals surface area contributed by atoms with E-state index < -0.39 is 0 Å². The van der Waals surface area contributed by atoms with Gasteiger partial charge in [0, 0.05) is 55.7 Å². The van der Waals surface area contributed by atoms with Crippen LogP contribution in [0.5, 0.6) is 0 Å². The summed E-state index contributed by atoms with van der Waals surface area (Å²) in [7, 11) is 0. The molecule has 0 aliphatic carbocycles. The van der Waals surface area contributed by atoms with Crippen LogP contribution in [0.4, 0.5) is 5.82 Å². The fourth-order valence-corrected chi connectivity index (χ4v) is 4.96. The van der Waals surface area contributed by atoms with Gasteiger partial charge in [0.05, 0.1) is 6.20 Å². The Kier molecular flexibility index (Phi) is 6.28. The van der Waals surface area contributed by atoms with E-state index in [2.05, 4.69) is 52.1 Å². The highest BCUT2D eigenvalue weighted by molar-refractivity contribution is 5.92. The number of aromatic nitrogens is 4. The van der Waals surface area contributed by atoms with E-state index >= 15 is 0 Å². The van der Waals surface area contributed by atoms with Gasteiger partial charge >= 0.3 is 0 Å². The standard InChI is InChI=1S/C26H30N6O/c1-19-22-10-6-14-31(16-11-20-7-3-2-4-8-20)25(22)30-24(29-19)21-9-5-15-32(18-21)26(33)23-17-27-12-13-28-23/h2-4,7-8,12-13,17,21H,5-6,9-11,14-16,18H2,1H3. The SMILES string of the molecule is Cc1nc(C2CCCN(C(=O)c3cnccn3)C2)nc2c1CCCN2CCc1ccccc1. The van der Waals surface area contributed by atoms with Crippen molar-refractivity contribution in [2.24, 2.45) is 0 Å². The summed E-state index contributed by atoms with van der Waals surface area (Å²) in [5, 5.41) is 0. The lowest BCUT2D eigenvalue weighted by molar-refractivity contribution is 0.0698. The lowest BCUT2D eigenvalue weighted by Gasteiger charge is -2.34. The van der Waals surface area contributed by atoms with E-state index in [9.17, 15) is 4.79 Å². The Balaban J connectivity index is 1.35. The number of fused-ring (bicyclic) bond motifs is 1. The van der Waals surface area contributed by atoms with Crippen molar-refractivity contribution in [1.29, 1.82) is 0 Å². The Hall–Kier alpha value is -3.35. The van der Waals surface area contributed by atoms with E-state index in [1.54, 1.807) is 12.4 Å². The third-order valence-electron chi connectivity index (χ3n) is 6.73. The third-order valence-corrected chi connectivity index (χ3v) is 6.73. The molecule has 0 spiro atoms. The number of carbonyl (C=O) groups excluding carboxylic acids is 1. The van der Waals surface area contributed by atoms with Crippen LogP contribution in [0, 0.1) is 6.92 Å². The van der Waals surface area contributed by atoms with E-state index in [0.29, 0.717) is 12.2 Å². The Morgan fingerprint density at radius 3 is 2.79 bits per heavy atom. The smallest absolute Gasteiger partial charge is 0.274 e. The van der Waals surface area contributed by atoms with Crippen molar-refractivity contribution in [2.45, 2.75) is 44.9 Å². The second kappa shape index (κ2) is 9.65. The molecule has 0 N–H and O–H groups in total. The van der Waals surface area contributed by atoms with Gasteiger partial charge < -0.3 is 9.80 Å². The molecule has 1 unspecified atom stereocenters. The number of carbonyl (C=O) groups is 1. The van der Waals surface area contributed by atoms with Crippen LogP contribution in [0.25, 0.3) is 0 Å². The number of likely N-dealkylation sites (tertiary alicyclic amines) is 1. The third kappa shape index (κ3) is 4.72. The fourth-order valence-electron chi connectivity index (χ4n) is 4.96. The van der Waals surface area contributed by atoms with E-state index in [4.69, 9.17) is 9.97 Å². The fraction of sp³-hybridized carbons (Fsp3) is 0.423. The zero-order chi connectivity index (χ0) is 22.6. The first kappa shape index (κ1) is 21.5. The number of hydrogen-bond donors (Lipinski definition) is 0. The van der Waals surface area contributed by atoms with Crippen molar-refractivity contribution < 1.29 is 4.79 Å². The lowest BCUT2D eigenvalue weighted by Crippen LogP contribution is -2.40.